The number of methoxy groups -OCH3 is 2. The van der Waals surface area contributed by atoms with Crippen LogP contribution in [0.15, 0.2) is 0 Å². The van der Waals surface area contributed by atoms with Crippen molar-refractivity contribution in [3.8, 4) is 0 Å². The van der Waals surface area contributed by atoms with Crippen LogP contribution >= 0.6 is 12.2 Å². The van der Waals surface area contributed by atoms with Crippen molar-refractivity contribution >= 4 is 23.1 Å². The fourth-order valence-electron chi connectivity index (χ4n) is 1.58. The summed E-state index contributed by atoms with van der Waals surface area (Å²) in [5, 5.41) is 0. The van der Waals surface area contributed by atoms with Crippen LogP contribution in [0.4, 0.5) is 0 Å². The summed E-state index contributed by atoms with van der Waals surface area (Å²) in [7, 11) is 3.25. The molecule has 0 rings (SSSR count). The van der Waals surface area contributed by atoms with Crippen LogP contribution in [-0.4, -0.2) is 56.3 Å². The Balaban J connectivity index is 4.24. The Bertz CT molecular complexity index is 262. The van der Waals surface area contributed by atoms with Crippen molar-refractivity contribution in [2.45, 2.75) is 19.8 Å². The van der Waals surface area contributed by atoms with Gasteiger partial charge in [-0.3, -0.25) is 4.79 Å². The summed E-state index contributed by atoms with van der Waals surface area (Å²) in [6, 6.07) is 0. The number of hydrogen-bond donors (Lipinski definition) is 1. The first-order chi connectivity index (χ1) is 8.51. The standard InChI is InChI=1S/C12H24N2O3S/c1-10(9-17-3)8-12(15)14(6-7-16-2)5-4-11(13)18/h10H,4-9H2,1-3H3,(H2,13,18). The summed E-state index contributed by atoms with van der Waals surface area (Å²) in [4.78, 5) is 14.2. The van der Waals surface area contributed by atoms with Gasteiger partial charge in [-0.25, -0.2) is 0 Å². The molecule has 0 aliphatic heterocycles. The van der Waals surface area contributed by atoms with Gasteiger partial charge in [0.1, 0.15) is 0 Å². The lowest BCUT2D eigenvalue weighted by Crippen LogP contribution is -2.37. The number of hydrogen-bond acceptors (Lipinski definition) is 4. The lowest BCUT2D eigenvalue weighted by Gasteiger charge is -2.23. The molecule has 0 radical (unpaired) electrons. The predicted molar refractivity (Wildman–Crippen MR) is 75.5 cm³/mol. The van der Waals surface area contributed by atoms with Crippen molar-refractivity contribution in [3.05, 3.63) is 0 Å². The highest BCUT2D eigenvalue weighted by Gasteiger charge is 2.16. The molecule has 0 aliphatic carbocycles. The van der Waals surface area contributed by atoms with Gasteiger partial charge in [0.15, 0.2) is 0 Å². The fourth-order valence-corrected chi connectivity index (χ4v) is 1.67. The molecule has 1 unspecified atom stereocenters. The summed E-state index contributed by atoms with van der Waals surface area (Å²) in [6.45, 7) is 4.21. The third kappa shape index (κ3) is 8.38. The van der Waals surface area contributed by atoms with Crippen LogP contribution in [-0.2, 0) is 14.3 Å². The lowest BCUT2D eigenvalue weighted by atomic mass is 10.1. The van der Waals surface area contributed by atoms with Gasteiger partial charge in [0.2, 0.25) is 5.91 Å². The molecule has 2 N–H and O–H groups in total. The normalized spacial score (nSPS) is 12.2. The quantitative estimate of drug-likeness (QED) is 0.598. The smallest absolute Gasteiger partial charge is 0.223 e. The number of thiocarbonyl (C=S) groups is 1. The van der Waals surface area contributed by atoms with Crippen molar-refractivity contribution in [3.63, 3.8) is 0 Å². The Hall–Kier alpha value is -0.720. The number of nitrogens with zero attached hydrogens (tertiary/aromatic N) is 1. The van der Waals surface area contributed by atoms with Crippen LogP contribution in [0.25, 0.3) is 0 Å². The van der Waals surface area contributed by atoms with Crippen LogP contribution in [0.1, 0.15) is 19.8 Å². The second-order valence-corrected chi connectivity index (χ2v) is 4.88. The largest absolute Gasteiger partial charge is 0.393 e. The van der Waals surface area contributed by atoms with Crippen molar-refractivity contribution < 1.29 is 14.3 Å². The molecule has 0 aromatic carbocycles. The van der Waals surface area contributed by atoms with E-state index < -0.39 is 0 Å². The van der Waals surface area contributed by atoms with Crippen LogP contribution in [0.3, 0.4) is 0 Å². The van der Waals surface area contributed by atoms with E-state index in [9.17, 15) is 4.79 Å². The third-order valence-electron chi connectivity index (χ3n) is 2.52. The van der Waals surface area contributed by atoms with Crippen LogP contribution in [0, 0.1) is 5.92 Å². The van der Waals surface area contributed by atoms with E-state index in [-0.39, 0.29) is 11.8 Å². The fraction of sp³-hybridized carbons (Fsp3) is 0.833. The van der Waals surface area contributed by atoms with Crippen LogP contribution in [0.2, 0.25) is 0 Å². The molecule has 0 saturated carbocycles. The zero-order chi connectivity index (χ0) is 14.0. The molecule has 0 fully saturated rings. The maximum atomic E-state index is 12.1. The molecule has 0 aliphatic rings. The summed E-state index contributed by atoms with van der Waals surface area (Å²) in [6.07, 6.45) is 1.01. The number of amides is 1. The SMILES string of the molecule is COCCN(CCC(N)=S)C(=O)CC(C)COC. The van der Waals surface area contributed by atoms with Gasteiger partial charge >= 0.3 is 0 Å². The molecule has 6 heteroatoms. The minimum absolute atomic E-state index is 0.0906. The highest BCUT2D eigenvalue weighted by atomic mass is 32.1. The van der Waals surface area contributed by atoms with Gasteiger partial charge in [0, 0.05) is 46.8 Å². The number of rotatable bonds is 10. The van der Waals surface area contributed by atoms with Gasteiger partial charge in [-0.1, -0.05) is 19.1 Å². The Morgan fingerprint density at radius 1 is 1.33 bits per heavy atom. The highest BCUT2D eigenvalue weighted by Crippen LogP contribution is 2.06. The van der Waals surface area contributed by atoms with Crippen molar-refractivity contribution in [1.29, 1.82) is 0 Å². The number of nitrogens with two attached hydrogens (primary N) is 1. The molecule has 18 heavy (non-hydrogen) atoms. The third-order valence-corrected chi connectivity index (χ3v) is 2.72. The molecule has 0 saturated heterocycles. The first kappa shape index (κ1) is 17.3. The van der Waals surface area contributed by atoms with Gasteiger partial charge in [-0.15, -0.1) is 0 Å². The Morgan fingerprint density at radius 3 is 2.50 bits per heavy atom. The van der Waals surface area contributed by atoms with Crippen LogP contribution < -0.4 is 5.73 Å². The molecule has 0 bridgehead atoms. The average Bonchev–Trinajstić information content (AvgIpc) is 2.28. The molecule has 5 nitrogen and oxygen atoms in total. The number of carbonyl (C=O) groups excluding carboxylic acids is 1. The summed E-state index contributed by atoms with van der Waals surface area (Å²) in [5.41, 5.74) is 5.46. The molecular formula is C12H24N2O3S. The maximum Gasteiger partial charge on any atom is 0.223 e. The molecule has 0 aromatic heterocycles. The molecule has 1 amide bonds. The first-order valence-corrected chi connectivity index (χ1v) is 6.46. The van der Waals surface area contributed by atoms with Crippen LogP contribution in [0.5, 0.6) is 0 Å². The first-order valence-electron chi connectivity index (χ1n) is 6.05. The number of carbonyl (C=O) groups is 1. The van der Waals surface area contributed by atoms with E-state index in [2.05, 4.69) is 0 Å². The Labute approximate surface area is 115 Å². The zero-order valence-corrected chi connectivity index (χ0v) is 12.3. The van der Waals surface area contributed by atoms with E-state index in [1.54, 1.807) is 19.1 Å². The molecule has 0 aromatic rings. The van der Waals surface area contributed by atoms with E-state index in [0.29, 0.717) is 44.1 Å². The van der Waals surface area contributed by atoms with Crippen molar-refractivity contribution in [1.82, 2.24) is 4.90 Å². The summed E-state index contributed by atoms with van der Waals surface area (Å²) >= 11 is 4.83. The molecule has 1 atom stereocenters. The Morgan fingerprint density at radius 2 is 2.00 bits per heavy atom. The minimum atomic E-state index is 0.0906. The summed E-state index contributed by atoms with van der Waals surface area (Å²) < 4.78 is 10.0. The monoisotopic (exact) mass is 276 g/mol. The second kappa shape index (κ2) is 10.2. The van der Waals surface area contributed by atoms with E-state index in [0.717, 1.165) is 0 Å². The molecule has 106 valence electrons. The van der Waals surface area contributed by atoms with Gasteiger partial charge in [0.05, 0.1) is 11.6 Å². The van der Waals surface area contributed by atoms with Crippen molar-refractivity contribution in [2.75, 3.05) is 40.5 Å². The van der Waals surface area contributed by atoms with Gasteiger partial charge < -0.3 is 20.1 Å². The predicted octanol–water partition coefficient (Wildman–Crippen LogP) is 0.810. The molecule has 0 spiro atoms. The lowest BCUT2D eigenvalue weighted by molar-refractivity contribution is -0.133. The topological polar surface area (TPSA) is 64.8 Å². The highest BCUT2D eigenvalue weighted by molar-refractivity contribution is 7.80. The van der Waals surface area contributed by atoms with E-state index in [4.69, 9.17) is 27.4 Å². The Kier molecular flexibility index (Phi) is 9.82. The maximum absolute atomic E-state index is 12.1. The van der Waals surface area contributed by atoms with Gasteiger partial charge in [-0.05, 0) is 5.92 Å². The molecular weight excluding hydrogens is 252 g/mol. The minimum Gasteiger partial charge on any atom is -0.393 e. The van der Waals surface area contributed by atoms with Gasteiger partial charge in [0.25, 0.3) is 0 Å². The van der Waals surface area contributed by atoms with E-state index in [1.807, 2.05) is 6.92 Å². The van der Waals surface area contributed by atoms with E-state index >= 15 is 0 Å². The van der Waals surface area contributed by atoms with E-state index in [1.165, 1.54) is 0 Å². The summed E-state index contributed by atoms with van der Waals surface area (Å²) in [5.74, 6) is 0.297. The molecule has 0 heterocycles. The second-order valence-electron chi connectivity index (χ2n) is 4.35. The van der Waals surface area contributed by atoms with Crippen molar-refractivity contribution in [2.24, 2.45) is 11.7 Å². The average molecular weight is 276 g/mol. The zero-order valence-electron chi connectivity index (χ0n) is 11.5. The number of ether oxygens (including phenoxy) is 2. The van der Waals surface area contributed by atoms with Gasteiger partial charge in [-0.2, -0.15) is 0 Å².